The van der Waals surface area contributed by atoms with E-state index in [2.05, 4.69) is 4.72 Å². The van der Waals surface area contributed by atoms with Gasteiger partial charge >= 0.3 is 5.97 Å². The standard InChI is InChI=1S/C12H17NO5S/c1-3-9(2)13-19(16,17)11-6-4-10(5-7-11)18-8-12(14)15/h4-7,9,13H,3,8H2,1-2H3,(H,14,15)/t9-/m0/s1. The number of nitrogens with one attached hydrogen (secondary N) is 1. The highest BCUT2D eigenvalue weighted by Gasteiger charge is 2.16. The van der Waals surface area contributed by atoms with Crippen LogP contribution in [0.5, 0.6) is 5.75 Å². The van der Waals surface area contributed by atoms with Crippen molar-refractivity contribution in [2.45, 2.75) is 31.2 Å². The van der Waals surface area contributed by atoms with E-state index in [-0.39, 0.29) is 10.9 Å². The van der Waals surface area contributed by atoms with Crippen molar-refractivity contribution < 1.29 is 23.1 Å². The Hall–Kier alpha value is -1.60. The molecule has 0 saturated heterocycles. The molecule has 106 valence electrons. The molecule has 0 radical (unpaired) electrons. The number of aliphatic carboxylic acids is 1. The van der Waals surface area contributed by atoms with E-state index in [9.17, 15) is 13.2 Å². The summed E-state index contributed by atoms with van der Waals surface area (Å²) >= 11 is 0. The van der Waals surface area contributed by atoms with Crippen molar-refractivity contribution in [1.29, 1.82) is 0 Å². The van der Waals surface area contributed by atoms with Crippen LogP contribution in [0.3, 0.4) is 0 Å². The van der Waals surface area contributed by atoms with Crippen LogP contribution in [0.4, 0.5) is 0 Å². The van der Waals surface area contributed by atoms with E-state index in [1.807, 2.05) is 6.92 Å². The minimum Gasteiger partial charge on any atom is -0.482 e. The summed E-state index contributed by atoms with van der Waals surface area (Å²) in [5, 5.41) is 8.45. The van der Waals surface area contributed by atoms with Crippen LogP contribution in [0, 0.1) is 0 Å². The van der Waals surface area contributed by atoms with E-state index in [0.29, 0.717) is 12.2 Å². The van der Waals surface area contributed by atoms with Gasteiger partial charge in [-0.1, -0.05) is 6.92 Å². The third-order valence-electron chi connectivity index (χ3n) is 2.47. The smallest absolute Gasteiger partial charge is 0.341 e. The zero-order chi connectivity index (χ0) is 14.5. The molecule has 1 aromatic rings. The number of hydrogen-bond acceptors (Lipinski definition) is 4. The lowest BCUT2D eigenvalue weighted by Crippen LogP contribution is -2.31. The van der Waals surface area contributed by atoms with Crippen molar-refractivity contribution in [3.05, 3.63) is 24.3 Å². The van der Waals surface area contributed by atoms with E-state index in [1.165, 1.54) is 24.3 Å². The second-order valence-corrected chi connectivity index (χ2v) is 5.80. The van der Waals surface area contributed by atoms with Gasteiger partial charge in [0.05, 0.1) is 4.90 Å². The highest BCUT2D eigenvalue weighted by Crippen LogP contribution is 2.16. The Balaban J connectivity index is 2.77. The van der Waals surface area contributed by atoms with E-state index in [0.717, 1.165) is 0 Å². The molecule has 0 spiro atoms. The fraction of sp³-hybridized carbons (Fsp3) is 0.417. The summed E-state index contributed by atoms with van der Waals surface area (Å²) in [6, 6.07) is 5.46. The molecule has 1 rings (SSSR count). The van der Waals surface area contributed by atoms with Crippen LogP contribution in [-0.4, -0.2) is 32.1 Å². The molecule has 1 aromatic carbocycles. The quantitative estimate of drug-likeness (QED) is 0.786. The average Bonchev–Trinajstić information content (AvgIpc) is 2.36. The molecule has 7 heteroatoms. The second-order valence-electron chi connectivity index (χ2n) is 4.08. The molecule has 0 aliphatic rings. The molecule has 2 N–H and O–H groups in total. The van der Waals surface area contributed by atoms with Crippen molar-refractivity contribution in [3.63, 3.8) is 0 Å². The maximum absolute atomic E-state index is 11.9. The minimum atomic E-state index is -3.54. The monoisotopic (exact) mass is 287 g/mol. The Morgan fingerprint density at radius 2 is 1.95 bits per heavy atom. The van der Waals surface area contributed by atoms with Gasteiger partial charge in [0.15, 0.2) is 6.61 Å². The molecule has 0 aromatic heterocycles. The first-order chi connectivity index (χ1) is 8.85. The number of rotatable bonds is 7. The largest absolute Gasteiger partial charge is 0.482 e. The maximum Gasteiger partial charge on any atom is 0.341 e. The normalized spacial score (nSPS) is 12.9. The summed E-state index contributed by atoms with van der Waals surface area (Å²) in [4.78, 5) is 10.4. The summed E-state index contributed by atoms with van der Waals surface area (Å²) in [6.45, 7) is 3.20. The number of hydrogen-bond donors (Lipinski definition) is 2. The van der Waals surface area contributed by atoms with Crippen LogP contribution in [0.25, 0.3) is 0 Å². The highest BCUT2D eigenvalue weighted by molar-refractivity contribution is 7.89. The summed E-state index contributed by atoms with van der Waals surface area (Å²) in [5.41, 5.74) is 0. The van der Waals surface area contributed by atoms with E-state index in [1.54, 1.807) is 6.92 Å². The van der Waals surface area contributed by atoms with Crippen LogP contribution < -0.4 is 9.46 Å². The molecule has 0 amide bonds. The lowest BCUT2D eigenvalue weighted by Gasteiger charge is -2.12. The second kappa shape index (κ2) is 6.53. The van der Waals surface area contributed by atoms with Crippen molar-refractivity contribution >= 4 is 16.0 Å². The Morgan fingerprint density at radius 3 is 2.42 bits per heavy atom. The molecular weight excluding hydrogens is 270 g/mol. The van der Waals surface area contributed by atoms with Gasteiger partial charge in [0, 0.05) is 6.04 Å². The average molecular weight is 287 g/mol. The molecule has 0 aliphatic heterocycles. The fourth-order valence-corrected chi connectivity index (χ4v) is 2.60. The van der Waals surface area contributed by atoms with Crippen LogP contribution in [-0.2, 0) is 14.8 Å². The van der Waals surface area contributed by atoms with Crippen LogP contribution in [0.15, 0.2) is 29.2 Å². The first-order valence-electron chi connectivity index (χ1n) is 5.82. The molecule has 1 atom stereocenters. The SMILES string of the molecule is CC[C@H](C)NS(=O)(=O)c1ccc(OCC(=O)O)cc1. The Bertz CT molecular complexity index is 524. The van der Waals surface area contributed by atoms with Gasteiger partial charge in [-0.25, -0.2) is 17.9 Å². The van der Waals surface area contributed by atoms with E-state index >= 15 is 0 Å². The Kier molecular flexibility index (Phi) is 5.31. The van der Waals surface area contributed by atoms with Crippen LogP contribution in [0.1, 0.15) is 20.3 Å². The maximum atomic E-state index is 11.9. The van der Waals surface area contributed by atoms with E-state index < -0.39 is 22.6 Å². The van der Waals surface area contributed by atoms with Gasteiger partial charge in [-0.2, -0.15) is 0 Å². The number of carboxylic acid groups (broad SMARTS) is 1. The molecule has 0 aliphatic carbocycles. The van der Waals surface area contributed by atoms with Crippen molar-refractivity contribution in [2.75, 3.05) is 6.61 Å². The van der Waals surface area contributed by atoms with Crippen molar-refractivity contribution in [2.24, 2.45) is 0 Å². The molecular formula is C12H17NO5S. The molecule has 0 unspecified atom stereocenters. The molecule has 6 nitrogen and oxygen atoms in total. The summed E-state index contributed by atoms with van der Waals surface area (Å²) in [7, 11) is -3.54. The third-order valence-corrected chi connectivity index (χ3v) is 4.07. The first kappa shape index (κ1) is 15.5. The van der Waals surface area contributed by atoms with Gasteiger partial charge < -0.3 is 9.84 Å². The minimum absolute atomic E-state index is 0.121. The topological polar surface area (TPSA) is 92.7 Å². The van der Waals surface area contributed by atoms with Gasteiger partial charge in [-0.3, -0.25) is 0 Å². The highest BCUT2D eigenvalue weighted by atomic mass is 32.2. The number of sulfonamides is 1. The molecule has 0 bridgehead atoms. The zero-order valence-corrected chi connectivity index (χ0v) is 11.6. The Morgan fingerprint density at radius 1 is 1.37 bits per heavy atom. The van der Waals surface area contributed by atoms with Gasteiger partial charge in [-0.15, -0.1) is 0 Å². The lowest BCUT2D eigenvalue weighted by molar-refractivity contribution is -0.139. The number of ether oxygens (including phenoxy) is 1. The first-order valence-corrected chi connectivity index (χ1v) is 7.30. The van der Waals surface area contributed by atoms with Gasteiger partial charge in [0.25, 0.3) is 0 Å². The summed E-state index contributed by atoms with van der Waals surface area (Å²) < 4.78 is 31.3. The van der Waals surface area contributed by atoms with Crippen LogP contribution >= 0.6 is 0 Å². The summed E-state index contributed by atoms with van der Waals surface area (Å²) in [6.07, 6.45) is 0.693. The molecule has 0 heterocycles. The molecule has 19 heavy (non-hydrogen) atoms. The van der Waals surface area contributed by atoms with Gasteiger partial charge in [0.2, 0.25) is 10.0 Å². The number of carbonyl (C=O) groups is 1. The fourth-order valence-electron chi connectivity index (χ4n) is 1.28. The predicted octanol–water partition coefficient (Wildman–Crippen LogP) is 1.23. The summed E-state index contributed by atoms with van der Waals surface area (Å²) in [5.74, 6) is -0.778. The number of carboxylic acids is 1. The Labute approximate surface area is 112 Å². The van der Waals surface area contributed by atoms with Crippen LogP contribution in [0.2, 0.25) is 0 Å². The third kappa shape index (κ3) is 4.88. The van der Waals surface area contributed by atoms with Crippen molar-refractivity contribution in [3.8, 4) is 5.75 Å². The predicted molar refractivity (Wildman–Crippen MR) is 69.6 cm³/mol. The lowest BCUT2D eigenvalue weighted by atomic mass is 10.3. The zero-order valence-electron chi connectivity index (χ0n) is 10.8. The molecule has 0 saturated carbocycles. The van der Waals surface area contributed by atoms with Gasteiger partial charge in [0.1, 0.15) is 5.75 Å². The number of benzene rings is 1. The molecule has 0 fully saturated rings. The van der Waals surface area contributed by atoms with E-state index in [4.69, 9.17) is 9.84 Å². The van der Waals surface area contributed by atoms with Gasteiger partial charge in [-0.05, 0) is 37.6 Å². The van der Waals surface area contributed by atoms with Crippen molar-refractivity contribution in [1.82, 2.24) is 4.72 Å².